The highest BCUT2D eigenvalue weighted by molar-refractivity contribution is 5.16. The second-order valence-corrected chi connectivity index (χ2v) is 3.10. The summed E-state index contributed by atoms with van der Waals surface area (Å²) in [6.45, 7) is 5.56. The molecule has 2 N–H and O–H groups in total. The maximum Gasteiger partial charge on any atom is 0.325 e. The molecular formula is C8H12N2O2. The normalized spacial score (nSPS) is 10.7. The fourth-order valence-corrected chi connectivity index (χ4v) is 1.14. The van der Waals surface area contributed by atoms with E-state index in [0.717, 1.165) is 0 Å². The van der Waals surface area contributed by atoms with Gasteiger partial charge >= 0.3 is 5.69 Å². The predicted molar refractivity (Wildman–Crippen MR) is 46.5 cm³/mol. The fourth-order valence-electron chi connectivity index (χ4n) is 1.14. The standard InChI is InChI=1S/C8H12N2O2/c1-4(2)6-5(3)7(11)10-8(12)9-6/h4H,1-3H3,(H2,9,10,11,12). The molecule has 0 aliphatic heterocycles. The van der Waals surface area contributed by atoms with Crippen molar-refractivity contribution >= 4 is 0 Å². The van der Waals surface area contributed by atoms with Crippen LogP contribution in [0.3, 0.4) is 0 Å². The number of rotatable bonds is 1. The van der Waals surface area contributed by atoms with Crippen LogP contribution in [0.25, 0.3) is 0 Å². The number of hydrogen-bond donors (Lipinski definition) is 2. The highest BCUT2D eigenvalue weighted by Gasteiger charge is 2.07. The third kappa shape index (κ3) is 1.47. The Hall–Kier alpha value is -1.32. The van der Waals surface area contributed by atoms with E-state index in [4.69, 9.17) is 0 Å². The Kier molecular flexibility index (Phi) is 2.17. The van der Waals surface area contributed by atoms with Crippen LogP contribution in [0.1, 0.15) is 31.0 Å². The second-order valence-electron chi connectivity index (χ2n) is 3.10. The summed E-state index contributed by atoms with van der Waals surface area (Å²) in [5.41, 5.74) is 0.560. The average molecular weight is 168 g/mol. The van der Waals surface area contributed by atoms with Gasteiger partial charge in [-0.3, -0.25) is 9.78 Å². The van der Waals surface area contributed by atoms with Crippen molar-refractivity contribution in [2.45, 2.75) is 26.7 Å². The van der Waals surface area contributed by atoms with E-state index in [9.17, 15) is 9.59 Å². The first kappa shape index (κ1) is 8.77. The van der Waals surface area contributed by atoms with Gasteiger partial charge < -0.3 is 4.98 Å². The molecule has 0 radical (unpaired) electrons. The summed E-state index contributed by atoms with van der Waals surface area (Å²) in [5.74, 6) is 0.167. The van der Waals surface area contributed by atoms with Crippen LogP contribution >= 0.6 is 0 Å². The lowest BCUT2D eigenvalue weighted by atomic mass is 10.1. The molecule has 0 bridgehead atoms. The van der Waals surface area contributed by atoms with Crippen LogP contribution in [-0.2, 0) is 0 Å². The van der Waals surface area contributed by atoms with Gasteiger partial charge in [-0.2, -0.15) is 0 Å². The molecule has 1 aromatic heterocycles. The minimum atomic E-state index is -0.436. The van der Waals surface area contributed by atoms with Gasteiger partial charge in [0.25, 0.3) is 5.56 Å². The van der Waals surface area contributed by atoms with E-state index in [1.807, 2.05) is 13.8 Å². The molecule has 4 heteroatoms. The van der Waals surface area contributed by atoms with Gasteiger partial charge in [0.1, 0.15) is 0 Å². The van der Waals surface area contributed by atoms with Crippen molar-refractivity contribution in [3.63, 3.8) is 0 Å². The van der Waals surface area contributed by atoms with Crippen molar-refractivity contribution in [2.24, 2.45) is 0 Å². The van der Waals surface area contributed by atoms with Gasteiger partial charge in [0.05, 0.1) is 0 Å². The first-order valence-electron chi connectivity index (χ1n) is 3.85. The van der Waals surface area contributed by atoms with Crippen LogP contribution in [0.2, 0.25) is 0 Å². The number of hydrogen-bond acceptors (Lipinski definition) is 2. The molecule has 12 heavy (non-hydrogen) atoms. The molecule has 0 amide bonds. The zero-order chi connectivity index (χ0) is 9.30. The number of nitrogens with one attached hydrogen (secondary N) is 2. The SMILES string of the molecule is Cc1c(C(C)C)[nH]c(=O)[nH]c1=O. The molecule has 0 aromatic carbocycles. The quantitative estimate of drug-likeness (QED) is 0.641. The van der Waals surface area contributed by atoms with Crippen LogP contribution < -0.4 is 11.2 Å². The minimum Gasteiger partial charge on any atom is -0.311 e. The van der Waals surface area contributed by atoms with Crippen molar-refractivity contribution in [1.29, 1.82) is 0 Å². The Labute approximate surface area is 69.7 Å². The Morgan fingerprint density at radius 1 is 1.17 bits per heavy atom. The van der Waals surface area contributed by atoms with Crippen LogP contribution in [-0.4, -0.2) is 9.97 Å². The van der Waals surface area contributed by atoms with E-state index in [1.165, 1.54) is 0 Å². The topological polar surface area (TPSA) is 65.7 Å². The monoisotopic (exact) mass is 168 g/mol. The molecule has 0 spiro atoms. The lowest BCUT2D eigenvalue weighted by Crippen LogP contribution is -2.26. The molecule has 1 heterocycles. The van der Waals surface area contributed by atoms with E-state index < -0.39 is 5.69 Å². The van der Waals surface area contributed by atoms with Crippen LogP contribution in [0, 0.1) is 6.92 Å². The molecule has 1 aromatic rings. The zero-order valence-electron chi connectivity index (χ0n) is 7.39. The van der Waals surface area contributed by atoms with E-state index in [0.29, 0.717) is 11.3 Å². The summed E-state index contributed by atoms with van der Waals surface area (Å²) in [4.78, 5) is 26.7. The summed E-state index contributed by atoms with van der Waals surface area (Å²) in [7, 11) is 0. The number of aromatic amines is 2. The highest BCUT2D eigenvalue weighted by atomic mass is 16.2. The smallest absolute Gasteiger partial charge is 0.311 e. The lowest BCUT2D eigenvalue weighted by molar-refractivity contribution is 0.781. The van der Waals surface area contributed by atoms with Gasteiger partial charge in [0.2, 0.25) is 0 Å². The van der Waals surface area contributed by atoms with Crippen molar-refractivity contribution in [3.05, 3.63) is 32.1 Å². The molecule has 0 aliphatic carbocycles. The first-order valence-corrected chi connectivity index (χ1v) is 3.85. The largest absolute Gasteiger partial charge is 0.325 e. The molecule has 0 atom stereocenters. The Morgan fingerprint density at radius 2 is 1.75 bits per heavy atom. The van der Waals surface area contributed by atoms with Crippen molar-refractivity contribution in [2.75, 3.05) is 0 Å². The Balaban J connectivity index is 3.49. The lowest BCUT2D eigenvalue weighted by Gasteiger charge is -2.06. The summed E-state index contributed by atoms with van der Waals surface area (Å²) in [6, 6.07) is 0. The number of aromatic nitrogens is 2. The molecule has 1 rings (SSSR count). The van der Waals surface area contributed by atoms with Gasteiger partial charge in [0.15, 0.2) is 0 Å². The van der Waals surface area contributed by atoms with Gasteiger partial charge in [-0.1, -0.05) is 13.8 Å². The molecular weight excluding hydrogens is 156 g/mol. The third-order valence-electron chi connectivity index (χ3n) is 1.80. The highest BCUT2D eigenvalue weighted by Crippen LogP contribution is 2.10. The van der Waals surface area contributed by atoms with E-state index >= 15 is 0 Å². The average Bonchev–Trinajstić information content (AvgIpc) is 1.96. The molecule has 0 fully saturated rings. The van der Waals surface area contributed by atoms with Crippen LogP contribution in [0.15, 0.2) is 9.59 Å². The Bertz CT molecular complexity index is 387. The molecule has 4 nitrogen and oxygen atoms in total. The third-order valence-corrected chi connectivity index (χ3v) is 1.80. The molecule has 0 saturated heterocycles. The van der Waals surface area contributed by atoms with Crippen LogP contribution in [0.4, 0.5) is 0 Å². The Morgan fingerprint density at radius 3 is 2.25 bits per heavy atom. The van der Waals surface area contributed by atoms with Crippen molar-refractivity contribution < 1.29 is 0 Å². The zero-order valence-corrected chi connectivity index (χ0v) is 7.39. The van der Waals surface area contributed by atoms with Gasteiger partial charge in [-0.05, 0) is 12.8 Å². The van der Waals surface area contributed by atoms with Crippen LogP contribution in [0.5, 0.6) is 0 Å². The summed E-state index contributed by atoms with van der Waals surface area (Å²) in [5, 5.41) is 0. The van der Waals surface area contributed by atoms with E-state index in [-0.39, 0.29) is 11.5 Å². The number of H-pyrrole nitrogens is 2. The molecule has 0 unspecified atom stereocenters. The van der Waals surface area contributed by atoms with E-state index in [1.54, 1.807) is 6.92 Å². The second kappa shape index (κ2) is 2.97. The maximum atomic E-state index is 11.1. The molecule has 0 aliphatic rings. The van der Waals surface area contributed by atoms with Crippen molar-refractivity contribution in [3.8, 4) is 0 Å². The summed E-state index contributed by atoms with van der Waals surface area (Å²) < 4.78 is 0. The van der Waals surface area contributed by atoms with E-state index in [2.05, 4.69) is 9.97 Å². The molecule has 0 saturated carbocycles. The predicted octanol–water partition coefficient (Wildman–Crippen LogP) is 0.495. The van der Waals surface area contributed by atoms with Gasteiger partial charge in [-0.25, -0.2) is 4.79 Å². The fraction of sp³-hybridized carbons (Fsp3) is 0.500. The maximum absolute atomic E-state index is 11.1. The van der Waals surface area contributed by atoms with Crippen molar-refractivity contribution in [1.82, 2.24) is 9.97 Å². The minimum absolute atomic E-state index is 0.167. The first-order chi connectivity index (χ1) is 5.52. The van der Waals surface area contributed by atoms with Gasteiger partial charge in [-0.15, -0.1) is 0 Å². The molecule has 66 valence electrons. The summed E-state index contributed by atoms with van der Waals surface area (Å²) >= 11 is 0. The summed E-state index contributed by atoms with van der Waals surface area (Å²) in [6.07, 6.45) is 0. The van der Waals surface area contributed by atoms with Gasteiger partial charge in [0, 0.05) is 11.3 Å².